The van der Waals surface area contributed by atoms with Crippen molar-refractivity contribution in [2.75, 3.05) is 5.32 Å². The van der Waals surface area contributed by atoms with Crippen LogP contribution >= 0.6 is 0 Å². The summed E-state index contributed by atoms with van der Waals surface area (Å²) in [5.41, 5.74) is 2.21. The molecule has 0 saturated heterocycles. The molecule has 1 aliphatic heterocycles. The third kappa shape index (κ3) is 1.51. The van der Waals surface area contributed by atoms with Crippen LogP contribution in [0, 0.1) is 11.8 Å². The van der Waals surface area contributed by atoms with Gasteiger partial charge in [0.25, 0.3) is 0 Å². The van der Waals surface area contributed by atoms with Gasteiger partial charge in [-0.3, -0.25) is 0 Å². The van der Waals surface area contributed by atoms with Crippen LogP contribution in [0.2, 0.25) is 0 Å². The Morgan fingerprint density at radius 3 is 3.06 bits per heavy atom. The summed E-state index contributed by atoms with van der Waals surface area (Å²) in [4.78, 5) is 0. The minimum Gasteiger partial charge on any atom is -0.387 e. The Labute approximate surface area is 108 Å². The molecule has 0 amide bonds. The normalized spacial score (nSPS) is 41.5. The molecule has 4 rings (SSSR count). The molecule has 2 N–H and O–H groups in total. The van der Waals surface area contributed by atoms with Crippen molar-refractivity contribution in [3.05, 3.63) is 29.8 Å². The first kappa shape index (κ1) is 10.9. The van der Waals surface area contributed by atoms with Crippen LogP contribution in [0.5, 0.6) is 0 Å². The highest BCUT2D eigenvalue weighted by Gasteiger charge is 2.57. The first-order chi connectivity index (χ1) is 8.77. The zero-order valence-electron chi connectivity index (χ0n) is 10.7. The number of aliphatic hydroxyl groups is 1. The molecular weight excluding hydrogens is 222 g/mol. The summed E-state index contributed by atoms with van der Waals surface area (Å²) in [7, 11) is 0. The monoisotopic (exact) mass is 243 g/mol. The van der Waals surface area contributed by atoms with E-state index in [1.807, 2.05) is 0 Å². The molecule has 0 spiro atoms. The standard InChI is InChI=1S/C16H21NO/c18-16(9-3-5-12-10-13(12)16)15-8-7-11-4-1-2-6-14(11)17-15/h1-2,4,6,12-13,15,17-18H,3,5,7-10H2. The first-order valence-corrected chi connectivity index (χ1v) is 7.34. The Morgan fingerprint density at radius 2 is 2.11 bits per heavy atom. The van der Waals surface area contributed by atoms with Gasteiger partial charge >= 0.3 is 0 Å². The zero-order chi connectivity index (χ0) is 12.2. The predicted molar refractivity (Wildman–Crippen MR) is 72.6 cm³/mol. The summed E-state index contributed by atoms with van der Waals surface area (Å²) in [6.07, 6.45) is 6.99. The average Bonchev–Trinajstić information content (AvgIpc) is 3.19. The Kier molecular flexibility index (Phi) is 2.25. The highest BCUT2D eigenvalue weighted by atomic mass is 16.3. The van der Waals surface area contributed by atoms with Gasteiger partial charge in [0.1, 0.15) is 0 Å². The number of rotatable bonds is 1. The minimum absolute atomic E-state index is 0.266. The van der Waals surface area contributed by atoms with Gasteiger partial charge in [-0.15, -0.1) is 0 Å². The number of benzene rings is 1. The molecule has 4 unspecified atom stereocenters. The van der Waals surface area contributed by atoms with Gasteiger partial charge in [-0.1, -0.05) is 24.6 Å². The fraction of sp³-hybridized carbons (Fsp3) is 0.625. The van der Waals surface area contributed by atoms with Crippen molar-refractivity contribution >= 4 is 5.69 Å². The van der Waals surface area contributed by atoms with Crippen molar-refractivity contribution in [1.82, 2.24) is 0 Å². The summed E-state index contributed by atoms with van der Waals surface area (Å²) < 4.78 is 0. The van der Waals surface area contributed by atoms with Crippen molar-refractivity contribution in [3.63, 3.8) is 0 Å². The van der Waals surface area contributed by atoms with Crippen molar-refractivity contribution in [1.29, 1.82) is 0 Å². The predicted octanol–water partition coefficient (Wildman–Crippen LogP) is 2.96. The molecule has 1 aromatic carbocycles. The molecule has 0 aromatic heterocycles. The molecule has 0 bridgehead atoms. The molecule has 2 saturated carbocycles. The Hall–Kier alpha value is -1.02. The molecule has 1 heterocycles. The topological polar surface area (TPSA) is 32.3 Å². The maximum atomic E-state index is 11.1. The van der Waals surface area contributed by atoms with Crippen LogP contribution < -0.4 is 5.32 Å². The molecule has 18 heavy (non-hydrogen) atoms. The minimum atomic E-state index is -0.434. The van der Waals surface area contributed by atoms with Crippen molar-refractivity contribution in [2.45, 2.75) is 50.2 Å². The Bertz CT molecular complexity index is 472. The number of para-hydroxylation sites is 1. The van der Waals surface area contributed by atoms with Crippen LogP contribution in [0.3, 0.4) is 0 Å². The van der Waals surface area contributed by atoms with Gasteiger partial charge in [-0.25, -0.2) is 0 Å². The van der Waals surface area contributed by atoms with E-state index in [0.29, 0.717) is 5.92 Å². The maximum absolute atomic E-state index is 11.1. The number of hydrogen-bond acceptors (Lipinski definition) is 2. The van der Waals surface area contributed by atoms with E-state index in [4.69, 9.17) is 0 Å². The van der Waals surface area contributed by atoms with Crippen molar-refractivity contribution < 1.29 is 5.11 Å². The lowest BCUT2D eigenvalue weighted by Gasteiger charge is -2.42. The lowest BCUT2D eigenvalue weighted by Crippen LogP contribution is -2.51. The van der Waals surface area contributed by atoms with E-state index in [2.05, 4.69) is 29.6 Å². The van der Waals surface area contributed by atoms with Gasteiger partial charge in [0, 0.05) is 5.69 Å². The molecular formula is C16H21NO. The number of hydrogen-bond donors (Lipinski definition) is 2. The molecule has 0 radical (unpaired) electrons. The highest BCUT2D eigenvalue weighted by molar-refractivity contribution is 5.54. The molecule has 2 heteroatoms. The quantitative estimate of drug-likeness (QED) is 0.795. The number of aryl methyl sites for hydroxylation is 1. The molecule has 2 aliphatic carbocycles. The first-order valence-electron chi connectivity index (χ1n) is 7.34. The average molecular weight is 243 g/mol. The van der Waals surface area contributed by atoms with E-state index in [0.717, 1.165) is 25.2 Å². The van der Waals surface area contributed by atoms with E-state index in [-0.39, 0.29) is 6.04 Å². The van der Waals surface area contributed by atoms with Crippen LogP contribution in [-0.4, -0.2) is 16.7 Å². The molecule has 2 nitrogen and oxygen atoms in total. The van der Waals surface area contributed by atoms with Gasteiger partial charge in [0.15, 0.2) is 0 Å². The number of fused-ring (bicyclic) bond motifs is 2. The zero-order valence-corrected chi connectivity index (χ0v) is 10.7. The molecule has 2 fully saturated rings. The lowest BCUT2D eigenvalue weighted by atomic mass is 9.75. The maximum Gasteiger partial charge on any atom is 0.0878 e. The second-order valence-electron chi connectivity index (χ2n) is 6.38. The van der Waals surface area contributed by atoms with Crippen LogP contribution in [0.4, 0.5) is 5.69 Å². The fourth-order valence-corrected chi connectivity index (χ4v) is 4.26. The Balaban J connectivity index is 1.60. The van der Waals surface area contributed by atoms with Crippen molar-refractivity contribution in [3.8, 4) is 0 Å². The van der Waals surface area contributed by atoms with E-state index in [9.17, 15) is 5.11 Å². The van der Waals surface area contributed by atoms with Gasteiger partial charge in [-0.2, -0.15) is 0 Å². The summed E-state index contributed by atoms with van der Waals surface area (Å²) in [5, 5.41) is 14.7. The summed E-state index contributed by atoms with van der Waals surface area (Å²) in [6.45, 7) is 0. The Morgan fingerprint density at radius 1 is 1.22 bits per heavy atom. The van der Waals surface area contributed by atoms with Crippen LogP contribution in [0.25, 0.3) is 0 Å². The van der Waals surface area contributed by atoms with Crippen LogP contribution in [-0.2, 0) is 6.42 Å². The van der Waals surface area contributed by atoms with Gasteiger partial charge in [0.2, 0.25) is 0 Å². The third-order valence-corrected chi connectivity index (χ3v) is 5.37. The summed E-state index contributed by atoms with van der Waals surface area (Å²) in [6, 6.07) is 8.80. The van der Waals surface area contributed by atoms with E-state index >= 15 is 0 Å². The van der Waals surface area contributed by atoms with Gasteiger partial charge in [0.05, 0.1) is 11.6 Å². The number of nitrogens with one attached hydrogen (secondary N) is 1. The van der Waals surface area contributed by atoms with Gasteiger partial charge < -0.3 is 10.4 Å². The molecule has 96 valence electrons. The third-order valence-electron chi connectivity index (χ3n) is 5.37. The molecule has 1 aromatic rings. The van der Waals surface area contributed by atoms with E-state index in [1.165, 1.54) is 30.5 Å². The highest BCUT2D eigenvalue weighted by Crippen LogP contribution is 2.57. The fourth-order valence-electron chi connectivity index (χ4n) is 4.26. The summed E-state index contributed by atoms with van der Waals surface area (Å²) >= 11 is 0. The smallest absolute Gasteiger partial charge is 0.0878 e. The van der Waals surface area contributed by atoms with Gasteiger partial charge in [-0.05, 0) is 55.6 Å². The van der Waals surface area contributed by atoms with E-state index in [1.54, 1.807) is 0 Å². The van der Waals surface area contributed by atoms with E-state index < -0.39 is 5.60 Å². The van der Waals surface area contributed by atoms with Crippen molar-refractivity contribution in [2.24, 2.45) is 11.8 Å². The second kappa shape index (κ2) is 3.74. The second-order valence-corrected chi connectivity index (χ2v) is 6.38. The SMILES string of the molecule is OC1(C2CCc3ccccc3N2)CCCC2CC21. The largest absolute Gasteiger partial charge is 0.387 e. The van der Waals surface area contributed by atoms with Crippen LogP contribution in [0.1, 0.15) is 37.7 Å². The van der Waals surface area contributed by atoms with Crippen LogP contribution in [0.15, 0.2) is 24.3 Å². The summed E-state index contributed by atoms with van der Waals surface area (Å²) in [5.74, 6) is 1.40. The lowest BCUT2D eigenvalue weighted by molar-refractivity contribution is -0.0305. The molecule has 3 aliphatic rings. The molecule has 4 atom stereocenters. The number of anilines is 1.